The summed E-state index contributed by atoms with van der Waals surface area (Å²) >= 11 is 1.39. The van der Waals surface area contributed by atoms with Gasteiger partial charge < -0.3 is 26.6 Å². The van der Waals surface area contributed by atoms with E-state index < -0.39 is 47.7 Å². The maximum absolute atomic E-state index is 12.6. The van der Waals surface area contributed by atoms with Crippen LogP contribution in [0.2, 0.25) is 0 Å². The first-order chi connectivity index (χ1) is 13.7. The Morgan fingerprint density at radius 2 is 1.97 bits per heavy atom. The quantitative estimate of drug-likeness (QED) is 0.376. The van der Waals surface area contributed by atoms with Crippen molar-refractivity contribution in [1.82, 2.24) is 15.5 Å². The monoisotopic (exact) mass is 420 g/mol. The highest BCUT2D eigenvalue weighted by atomic mass is 32.2. The molecular weight excluding hydrogens is 400 g/mol. The second-order valence-electron chi connectivity index (χ2n) is 6.67. The van der Waals surface area contributed by atoms with Crippen LogP contribution in [0.5, 0.6) is 5.75 Å². The number of nitrogens with two attached hydrogens (primary N) is 1. The van der Waals surface area contributed by atoms with Crippen LogP contribution in [0, 0.1) is 0 Å². The molecule has 1 aromatic carbocycles. The normalized spacial score (nSPS) is 21.7. The fraction of sp³-hybridized carbons (Fsp3) is 0.333. The van der Waals surface area contributed by atoms with Crippen LogP contribution in [0.15, 0.2) is 35.5 Å². The first-order valence-electron chi connectivity index (χ1n) is 8.70. The number of β-lactam (4-membered cyclic amide) rings is 1. The molecular formula is C18H20N4O6S. The number of nitrogens with zero attached hydrogens (tertiary/aromatic N) is 1. The standard InChI is InChI=1S/C18H20N4O6S/c1-8-7-29-18-13(17(28)22(18)14(8)16(27)20-6-11(24)25)21-15(26)12(19)9-2-4-10(23)5-3-9/h2-5,12-13,18,23H,6-7,19H2,1H3,(H,20,27)(H,21,26)(H,24,25)/t12-,13-,18-/m1/s1. The molecule has 1 fully saturated rings. The molecule has 1 saturated heterocycles. The van der Waals surface area contributed by atoms with Gasteiger partial charge in [-0.1, -0.05) is 12.1 Å². The summed E-state index contributed by atoms with van der Waals surface area (Å²) in [6.07, 6.45) is 0. The minimum atomic E-state index is -1.19. The Hall–Kier alpha value is -3.05. The first kappa shape index (κ1) is 20.7. The topological polar surface area (TPSA) is 162 Å². The highest BCUT2D eigenvalue weighted by molar-refractivity contribution is 8.00. The minimum absolute atomic E-state index is 0.0423. The molecule has 0 saturated carbocycles. The van der Waals surface area contributed by atoms with Crippen molar-refractivity contribution in [1.29, 1.82) is 0 Å². The summed E-state index contributed by atoms with van der Waals surface area (Å²) in [7, 11) is 0. The van der Waals surface area contributed by atoms with E-state index in [1.54, 1.807) is 6.92 Å². The number of carboxylic acids is 1. The number of benzene rings is 1. The molecule has 2 heterocycles. The van der Waals surface area contributed by atoms with E-state index in [4.69, 9.17) is 10.8 Å². The van der Waals surface area contributed by atoms with E-state index in [-0.39, 0.29) is 11.4 Å². The number of rotatable bonds is 6. The van der Waals surface area contributed by atoms with Gasteiger partial charge in [0.15, 0.2) is 0 Å². The van der Waals surface area contributed by atoms with Crippen LogP contribution in [-0.2, 0) is 19.2 Å². The molecule has 0 unspecified atom stereocenters. The van der Waals surface area contributed by atoms with Gasteiger partial charge >= 0.3 is 5.97 Å². The second kappa shape index (κ2) is 8.13. The fourth-order valence-electron chi connectivity index (χ4n) is 3.11. The Balaban J connectivity index is 1.68. The van der Waals surface area contributed by atoms with Crippen molar-refractivity contribution in [3.8, 4) is 5.75 Å². The SMILES string of the molecule is CC1=C(C(=O)NCC(=O)O)N2C(=O)[C@@H](NC(=O)[C@H](N)c3ccc(O)cc3)[C@H]2SC1. The molecule has 10 nitrogen and oxygen atoms in total. The first-order valence-corrected chi connectivity index (χ1v) is 9.75. The molecule has 3 amide bonds. The van der Waals surface area contributed by atoms with E-state index in [0.717, 1.165) is 0 Å². The molecule has 154 valence electrons. The summed E-state index contributed by atoms with van der Waals surface area (Å²) in [4.78, 5) is 49.4. The summed E-state index contributed by atoms with van der Waals surface area (Å²) in [5.41, 5.74) is 7.18. The number of fused-ring (bicyclic) bond motifs is 1. The van der Waals surface area contributed by atoms with E-state index in [0.29, 0.717) is 16.9 Å². The Morgan fingerprint density at radius 3 is 2.59 bits per heavy atom. The van der Waals surface area contributed by atoms with Crippen LogP contribution in [0.4, 0.5) is 0 Å². The van der Waals surface area contributed by atoms with Crippen LogP contribution in [0.1, 0.15) is 18.5 Å². The number of aromatic hydroxyl groups is 1. The average Bonchev–Trinajstić information content (AvgIpc) is 2.69. The number of carbonyl (C=O) groups is 4. The zero-order valence-electron chi connectivity index (χ0n) is 15.4. The molecule has 0 spiro atoms. The van der Waals surface area contributed by atoms with Gasteiger partial charge in [-0.25, -0.2) is 0 Å². The van der Waals surface area contributed by atoms with Gasteiger partial charge in [-0.3, -0.25) is 24.1 Å². The lowest BCUT2D eigenvalue weighted by molar-refractivity contribution is -0.148. The van der Waals surface area contributed by atoms with Gasteiger partial charge in [0, 0.05) is 5.75 Å². The number of nitrogens with one attached hydrogen (secondary N) is 2. The van der Waals surface area contributed by atoms with Crippen LogP contribution in [-0.4, -0.2) is 62.5 Å². The predicted molar refractivity (Wildman–Crippen MR) is 103 cm³/mol. The summed E-state index contributed by atoms with van der Waals surface area (Å²) in [6, 6.07) is 3.98. The Morgan fingerprint density at radius 1 is 1.31 bits per heavy atom. The van der Waals surface area contributed by atoms with Crippen molar-refractivity contribution in [2.45, 2.75) is 24.4 Å². The molecule has 11 heteroatoms. The number of amides is 3. The molecule has 0 aliphatic carbocycles. The second-order valence-corrected chi connectivity index (χ2v) is 7.78. The van der Waals surface area contributed by atoms with E-state index >= 15 is 0 Å². The average molecular weight is 420 g/mol. The number of aliphatic carboxylic acids is 1. The zero-order chi connectivity index (χ0) is 21.3. The van der Waals surface area contributed by atoms with Crippen LogP contribution >= 0.6 is 11.8 Å². The smallest absolute Gasteiger partial charge is 0.322 e. The molecule has 0 radical (unpaired) electrons. The lowest BCUT2D eigenvalue weighted by Gasteiger charge is -2.50. The molecule has 3 rings (SSSR count). The third-order valence-electron chi connectivity index (χ3n) is 4.61. The van der Waals surface area contributed by atoms with Gasteiger partial charge in [0.1, 0.15) is 35.4 Å². The highest BCUT2D eigenvalue weighted by Gasteiger charge is 2.53. The van der Waals surface area contributed by atoms with Crippen molar-refractivity contribution in [2.75, 3.05) is 12.3 Å². The molecule has 29 heavy (non-hydrogen) atoms. The Kier molecular flexibility index (Phi) is 5.80. The number of phenols is 1. The lowest BCUT2D eigenvalue weighted by atomic mass is 10.0. The molecule has 0 bridgehead atoms. The number of thioether (sulfide) groups is 1. The number of carboxylic acid groups (broad SMARTS) is 1. The summed E-state index contributed by atoms with van der Waals surface area (Å²) in [5.74, 6) is -2.36. The minimum Gasteiger partial charge on any atom is -0.508 e. The Bertz CT molecular complexity index is 900. The lowest BCUT2D eigenvalue weighted by Crippen LogP contribution is -2.71. The third kappa shape index (κ3) is 4.05. The molecule has 1 aromatic rings. The van der Waals surface area contributed by atoms with Gasteiger partial charge in [0.25, 0.3) is 11.8 Å². The van der Waals surface area contributed by atoms with Gasteiger partial charge in [0.05, 0.1) is 0 Å². The van der Waals surface area contributed by atoms with Gasteiger partial charge in [0.2, 0.25) is 5.91 Å². The zero-order valence-corrected chi connectivity index (χ0v) is 16.2. The number of hydrogen-bond donors (Lipinski definition) is 5. The molecule has 0 aromatic heterocycles. The third-order valence-corrected chi connectivity index (χ3v) is 6.03. The number of hydrogen-bond acceptors (Lipinski definition) is 7. The van der Waals surface area contributed by atoms with Crippen molar-refractivity contribution in [3.05, 3.63) is 41.1 Å². The number of carbonyl (C=O) groups excluding carboxylic acids is 3. The van der Waals surface area contributed by atoms with Crippen molar-refractivity contribution < 1.29 is 29.4 Å². The van der Waals surface area contributed by atoms with E-state index in [1.165, 1.54) is 40.9 Å². The maximum atomic E-state index is 12.6. The molecule has 2 aliphatic heterocycles. The highest BCUT2D eigenvalue weighted by Crippen LogP contribution is 2.40. The maximum Gasteiger partial charge on any atom is 0.322 e. The van der Waals surface area contributed by atoms with Crippen LogP contribution < -0.4 is 16.4 Å². The van der Waals surface area contributed by atoms with E-state index in [1.807, 2.05) is 0 Å². The van der Waals surface area contributed by atoms with Crippen LogP contribution in [0.25, 0.3) is 0 Å². The summed E-state index contributed by atoms with van der Waals surface area (Å²) in [6.45, 7) is 1.13. The fourth-order valence-corrected chi connectivity index (χ4v) is 4.40. The van der Waals surface area contributed by atoms with Gasteiger partial charge in [-0.15, -0.1) is 11.8 Å². The van der Waals surface area contributed by atoms with Gasteiger partial charge in [-0.05, 0) is 30.2 Å². The van der Waals surface area contributed by atoms with Gasteiger partial charge in [-0.2, -0.15) is 0 Å². The molecule has 3 atom stereocenters. The van der Waals surface area contributed by atoms with Crippen molar-refractivity contribution in [2.24, 2.45) is 5.73 Å². The van der Waals surface area contributed by atoms with E-state index in [9.17, 15) is 24.3 Å². The number of phenolic OH excluding ortho intramolecular Hbond substituents is 1. The van der Waals surface area contributed by atoms with Crippen molar-refractivity contribution in [3.63, 3.8) is 0 Å². The van der Waals surface area contributed by atoms with Crippen LogP contribution in [0.3, 0.4) is 0 Å². The van der Waals surface area contributed by atoms with E-state index in [2.05, 4.69) is 10.6 Å². The predicted octanol–water partition coefficient (Wildman–Crippen LogP) is -0.733. The molecule has 6 N–H and O–H groups in total. The largest absolute Gasteiger partial charge is 0.508 e. The molecule has 2 aliphatic rings. The summed E-state index contributed by atoms with van der Waals surface area (Å²) in [5, 5.41) is 22.5. The Labute approximate surface area is 170 Å². The summed E-state index contributed by atoms with van der Waals surface area (Å²) < 4.78 is 0. The van der Waals surface area contributed by atoms with Crippen molar-refractivity contribution >= 4 is 35.5 Å².